The van der Waals surface area contributed by atoms with Crippen LogP contribution in [0.3, 0.4) is 0 Å². The summed E-state index contributed by atoms with van der Waals surface area (Å²) < 4.78 is 0. The Morgan fingerprint density at radius 3 is 2.40 bits per heavy atom. The lowest BCUT2D eigenvalue weighted by atomic mass is 10.1. The van der Waals surface area contributed by atoms with Gasteiger partial charge in [0.15, 0.2) is 0 Å². The fraction of sp³-hybridized carbons (Fsp3) is 0.417. The van der Waals surface area contributed by atoms with Crippen molar-refractivity contribution in [2.45, 2.75) is 19.6 Å². The van der Waals surface area contributed by atoms with Gasteiger partial charge >= 0.3 is 0 Å². The third kappa shape index (κ3) is 4.67. The first kappa shape index (κ1) is 12.5. The van der Waals surface area contributed by atoms with E-state index in [0.717, 1.165) is 17.2 Å². The third-order valence-corrected chi connectivity index (χ3v) is 3.63. The molecule has 0 bridgehead atoms. The van der Waals surface area contributed by atoms with E-state index in [-0.39, 0.29) is 0 Å². The van der Waals surface area contributed by atoms with Crippen molar-refractivity contribution in [2.75, 3.05) is 5.75 Å². The van der Waals surface area contributed by atoms with E-state index in [0.29, 0.717) is 4.99 Å². The molecule has 0 atom stereocenters. The standard InChI is InChI=1S/C12H17NS2/c1-9(2)7-15-8-10-3-5-11(6-4-10)12(13)14/h3-6,9H,7-8H2,1-2H3,(H2,13,14). The molecule has 0 radical (unpaired) electrons. The molecular formula is C12H17NS2. The number of benzene rings is 1. The topological polar surface area (TPSA) is 26.0 Å². The van der Waals surface area contributed by atoms with Crippen LogP contribution in [0.15, 0.2) is 24.3 Å². The monoisotopic (exact) mass is 239 g/mol. The van der Waals surface area contributed by atoms with Crippen molar-refractivity contribution in [3.05, 3.63) is 35.4 Å². The molecule has 15 heavy (non-hydrogen) atoms. The van der Waals surface area contributed by atoms with Gasteiger partial charge in [-0.05, 0) is 17.2 Å². The van der Waals surface area contributed by atoms with Gasteiger partial charge in [0, 0.05) is 11.3 Å². The maximum Gasteiger partial charge on any atom is 0.103 e. The molecule has 1 nitrogen and oxygen atoms in total. The molecule has 0 unspecified atom stereocenters. The number of rotatable bonds is 5. The maximum atomic E-state index is 5.53. The zero-order valence-corrected chi connectivity index (χ0v) is 10.8. The van der Waals surface area contributed by atoms with Crippen LogP contribution >= 0.6 is 24.0 Å². The summed E-state index contributed by atoms with van der Waals surface area (Å²) in [4.78, 5) is 0.469. The van der Waals surface area contributed by atoms with Gasteiger partial charge in [-0.2, -0.15) is 11.8 Å². The van der Waals surface area contributed by atoms with Crippen LogP contribution in [0, 0.1) is 5.92 Å². The third-order valence-electron chi connectivity index (χ3n) is 1.96. The van der Waals surface area contributed by atoms with Crippen LogP contribution in [0.5, 0.6) is 0 Å². The largest absolute Gasteiger partial charge is 0.389 e. The molecule has 2 N–H and O–H groups in total. The number of hydrogen-bond acceptors (Lipinski definition) is 2. The Labute approximate surface area is 101 Å². The lowest BCUT2D eigenvalue weighted by molar-refractivity contribution is 0.750. The van der Waals surface area contributed by atoms with E-state index in [1.807, 2.05) is 23.9 Å². The molecule has 0 aromatic heterocycles. The molecule has 0 fully saturated rings. The zero-order valence-electron chi connectivity index (χ0n) is 9.19. The quantitative estimate of drug-likeness (QED) is 0.799. The molecule has 82 valence electrons. The molecule has 0 saturated heterocycles. The summed E-state index contributed by atoms with van der Waals surface area (Å²) in [7, 11) is 0. The first-order valence-corrected chi connectivity index (χ1v) is 6.62. The number of thiocarbonyl (C=S) groups is 1. The van der Waals surface area contributed by atoms with Gasteiger partial charge in [0.2, 0.25) is 0 Å². The summed E-state index contributed by atoms with van der Waals surface area (Å²) >= 11 is 6.86. The van der Waals surface area contributed by atoms with Crippen molar-refractivity contribution in [2.24, 2.45) is 11.7 Å². The van der Waals surface area contributed by atoms with Crippen molar-refractivity contribution in [1.29, 1.82) is 0 Å². The van der Waals surface area contributed by atoms with E-state index in [1.54, 1.807) is 0 Å². The molecule has 1 aromatic carbocycles. The van der Waals surface area contributed by atoms with Crippen molar-refractivity contribution in [1.82, 2.24) is 0 Å². The van der Waals surface area contributed by atoms with E-state index in [2.05, 4.69) is 26.0 Å². The minimum absolute atomic E-state index is 0.469. The zero-order chi connectivity index (χ0) is 11.3. The Hall–Kier alpha value is -0.540. The molecule has 1 rings (SSSR count). The van der Waals surface area contributed by atoms with Crippen LogP contribution < -0.4 is 5.73 Å². The minimum Gasteiger partial charge on any atom is -0.389 e. The van der Waals surface area contributed by atoms with E-state index in [9.17, 15) is 0 Å². The Morgan fingerprint density at radius 1 is 1.33 bits per heavy atom. The van der Waals surface area contributed by atoms with Crippen LogP contribution in [0.1, 0.15) is 25.0 Å². The average molecular weight is 239 g/mol. The van der Waals surface area contributed by atoms with Crippen LogP contribution in [-0.4, -0.2) is 10.7 Å². The minimum atomic E-state index is 0.469. The number of nitrogens with two attached hydrogens (primary N) is 1. The van der Waals surface area contributed by atoms with Crippen LogP contribution in [0.25, 0.3) is 0 Å². The summed E-state index contributed by atoms with van der Waals surface area (Å²) in [6.45, 7) is 4.48. The van der Waals surface area contributed by atoms with Gasteiger partial charge in [-0.3, -0.25) is 0 Å². The van der Waals surface area contributed by atoms with Crippen LogP contribution in [0.4, 0.5) is 0 Å². The first-order valence-electron chi connectivity index (χ1n) is 5.06. The molecule has 0 spiro atoms. The molecule has 0 saturated carbocycles. The molecule has 1 aromatic rings. The van der Waals surface area contributed by atoms with E-state index < -0.39 is 0 Å². The van der Waals surface area contributed by atoms with E-state index in [1.165, 1.54) is 11.3 Å². The van der Waals surface area contributed by atoms with Crippen molar-refractivity contribution in [3.8, 4) is 0 Å². The number of hydrogen-bond donors (Lipinski definition) is 1. The maximum absolute atomic E-state index is 5.53. The predicted octanol–water partition coefficient (Wildman–Crippen LogP) is 3.21. The molecule has 0 aliphatic carbocycles. The lowest BCUT2D eigenvalue weighted by Gasteiger charge is -2.05. The Balaban J connectivity index is 2.46. The highest BCUT2D eigenvalue weighted by Gasteiger charge is 1.98. The van der Waals surface area contributed by atoms with Gasteiger partial charge in [-0.1, -0.05) is 50.3 Å². The second-order valence-corrected chi connectivity index (χ2v) is 5.44. The SMILES string of the molecule is CC(C)CSCc1ccc(C(N)=S)cc1. The predicted molar refractivity (Wildman–Crippen MR) is 73.3 cm³/mol. The normalized spacial score (nSPS) is 10.6. The lowest BCUT2D eigenvalue weighted by Crippen LogP contribution is -2.08. The molecule has 0 amide bonds. The summed E-state index contributed by atoms with van der Waals surface area (Å²) in [6, 6.07) is 8.19. The summed E-state index contributed by atoms with van der Waals surface area (Å²) in [6.07, 6.45) is 0. The highest BCUT2D eigenvalue weighted by atomic mass is 32.2. The summed E-state index contributed by atoms with van der Waals surface area (Å²) in [5, 5.41) is 0. The molecular weight excluding hydrogens is 222 g/mol. The highest BCUT2D eigenvalue weighted by Crippen LogP contribution is 2.15. The van der Waals surface area contributed by atoms with Gasteiger partial charge in [-0.15, -0.1) is 0 Å². The molecule has 0 heterocycles. The van der Waals surface area contributed by atoms with E-state index >= 15 is 0 Å². The fourth-order valence-electron chi connectivity index (χ4n) is 1.18. The van der Waals surface area contributed by atoms with Gasteiger partial charge < -0.3 is 5.73 Å². The molecule has 0 aliphatic rings. The van der Waals surface area contributed by atoms with E-state index in [4.69, 9.17) is 18.0 Å². The van der Waals surface area contributed by atoms with Crippen LogP contribution in [-0.2, 0) is 5.75 Å². The first-order chi connectivity index (χ1) is 7.09. The van der Waals surface area contributed by atoms with Gasteiger partial charge in [0.05, 0.1) is 0 Å². The second-order valence-electron chi connectivity index (χ2n) is 3.97. The Morgan fingerprint density at radius 2 is 1.93 bits per heavy atom. The van der Waals surface area contributed by atoms with Crippen molar-refractivity contribution >= 4 is 29.0 Å². The van der Waals surface area contributed by atoms with Gasteiger partial charge in [-0.25, -0.2) is 0 Å². The Kier molecular flexibility index (Phi) is 5.12. The highest BCUT2D eigenvalue weighted by molar-refractivity contribution is 7.98. The summed E-state index contributed by atoms with van der Waals surface area (Å²) in [5.74, 6) is 3.03. The smallest absolute Gasteiger partial charge is 0.103 e. The van der Waals surface area contributed by atoms with Crippen LogP contribution in [0.2, 0.25) is 0 Å². The summed E-state index contributed by atoms with van der Waals surface area (Å²) in [5.41, 5.74) is 7.81. The number of thioether (sulfide) groups is 1. The van der Waals surface area contributed by atoms with Gasteiger partial charge in [0.25, 0.3) is 0 Å². The fourth-order valence-corrected chi connectivity index (χ4v) is 2.33. The molecule has 3 heteroatoms. The van der Waals surface area contributed by atoms with Gasteiger partial charge in [0.1, 0.15) is 4.99 Å². The molecule has 0 aliphatic heterocycles. The second kappa shape index (κ2) is 6.13. The van der Waals surface area contributed by atoms with Crippen molar-refractivity contribution < 1.29 is 0 Å². The van der Waals surface area contributed by atoms with Crippen molar-refractivity contribution in [3.63, 3.8) is 0 Å². The average Bonchev–Trinajstić information content (AvgIpc) is 2.18. The Bertz CT molecular complexity index is 317.